The number of aromatic nitrogens is 2. The molecular formula is C18H18N4O2S. The number of oxazole rings is 1. The van der Waals surface area contributed by atoms with Gasteiger partial charge < -0.3 is 14.6 Å². The minimum Gasteiger partial charge on any atom is -0.423 e. The molecule has 2 aliphatic rings. The summed E-state index contributed by atoms with van der Waals surface area (Å²) < 4.78 is 5.85. The number of nitrogens with zero attached hydrogens (tertiary/aromatic N) is 3. The third-order valence-corrected chi connectivity index (χ3v) is 5.61. The maximum absolute atomic E-state index is 12.8. The smallest absolute Gasteiger partial charge is 0.299 e. The zero-order chi connectivity index (χ0) is 16.8. The molecule has 1 amide bonds. The lowest BCUT2D eigenvalue weighted by molar-refractivity contribution is -0.117. The van der Waals surface area contributed by atoms with Crippen LogP contribution in [0.3, 0.4) is 0 Å². The molecule has 0 radical (unpaired) electrons. The monoisotopic (exact) mass is 354 g/mol. The van der Waals surface area contributed by atoms with E-state index in [9.17, 15) is 4.79 Å². The third-order valence-electron chi connectivity index (χ3n) is 4.83. The van der Waals surface area contributed by atoms with Crippen LogP contribution in [0.1, 0.15) is 37.3 Å². The molecular weight excluding hydrogens is 336 g/mol. The van der Waals surface area contributed by atoms with Crippen molar-refractivity contribution >= 4 is 39.5 Å². The van der Waals surface area contributed by atoms with Crippen molar-refractivity contribution < 1.29 is 9.21 Å². The molecule has 25 heavy (non-hydrogen) atoms. The Bertz CT molecular complexity index is 897. The molecule has 5 rings (SSSR count). The van der Waals surface area contributed by atoms with E-state index in [1.807, 2.05) is 29.2 Å². The lowest BCUT2D eigenvalue weighted by Gasteiger charge is -2.21. The van der Waals surface area contributed by atoms with Gasteiger partial charge in [0.05, 0.1) is 5.69 Å². The van der Waals surface area contributed by atoms with Gasteiger partial charge in [-0.15, -0.1) is 11.3 Å². The highest BCUT2D eigenvalue weighted by Crippen LogP contribution is 2.41. The van der Waals surface area contributed by atoms with E-state index in [0.717, 1.165) is 36.2 Å². The molecule has 1 aromatic carbocycles. The second-order valence-electron chi connectivity index (χ2n) is 6.66. The SMILES string of the molecule is O=C(Nc1nc(C2CC2)cs1)[C@H]1CCCN1c1nc2ccccc2o1. The van der Waals surface area contributed by atoms with Crippen molar-refractivity contribution in [3.8, 4) is 0 Å². The summed E-state index contributed by atoms with van der Waals surface area (Å²) >= 11 is 1.51. The van der Waals surface area contributed by atoms with Crippen molar-refractivity contribution in [1.82, 2.24) is 9.97 Å². The zero-order valence-electron chi connectivity index (χ0n) is 13.6. The normalized spacial score (nSPS) is 20.3. The lowest BCUT2D eigenvalue weighted by Crippen LogP contribution is -2.39. The Morgan fingerprint density at radius 1 is 1.24 bits per heavy atom. The van der Waals surface area contributed by atoms with E-state index in [-0.39, 0.29) is 11.9 Å². The predicted molar refractivity (Wildman–Crippen MR) is 97.1 cm³/mol. The first-order valence-corrected chi connectivity index (χ1v) is 9.54. The van der Waals surface area contributed by atoms with E-state index in [4.69, 9.17) is 4.42 Å². The second-order valence-corrected chi connectivity index (χ2v) is 7.51. The van der Waals surface area contributed by atoms with Crippen molar-refractivity contribution in [2.75, 3.05) is 16.8 Å². The number of hydrogen-bond acceptors (Lipinski definition) is 6. The highest BCUT2D eigenvalue weighted by molar-refractivity contribution is 7.13. The highest BCUT2D eigenvalue weighted by atomic mass is 32.1. The Labute approximate surface area is 148 Å². The minimum absolute atomic E-state index is 0.0311. The quantitative estimate of drug-likeness (QED) is 0.772. The molecule has 2 aromatic heterocycles. The largest absolute Gasteiger partial charge is 0.423 e. The van der Waals surface area contributed by atoms with Gasteiger partial charge in [0.15, 0.2) is 10.7 Å². The van der Waals surface area contributed by atoms with Crippen LogP contribution in [0, 0.1) is 0 Å². The van der Waals surface area contributed by atoms with Crippen LogP contribution in [0.25, 0.3) is 11.1 Å². The molecule has 2 fully saturated rings. The van der Waals surface area contributed by atoms with Gasteiger partial charge >= 0.3 is 0 Å². The topological polar surface area (TPSA) is 71.3 Å². The summed E-state index contributed by atoms with van der Waals surface area (Å²) in [5, 5.41) is 5.72. The Balaban J connectivity index is 1.35. The van der Waals surface area contributed by atoms with Crippen molar-refractivity contribution in [2.24, 2.45) is 0 Å². The van der Waals surface area contributed by atoms with Crippen LogP contribution >= 0.6 is 11.3 Å². The second kappa shape index (κ2) is 5.84. The highest BCUT2D eigenvalue weighted by Gasteiger charge is 2.34. The number of amides is 1. The van der Waals surface area contributed by atoms with Gasteiger partial charge in [0.25, 0.3) is 6.01 Å². The molecule has 6 nitrogen and oxygen atoms in total. The summed E-state index contributed by atoms with van der Waals surface area (Å²) in [7, 11) is 0. The predicted octanol–water partition coefficient (Wildman–Crippen LogP) is 3.77. The third kappa shape index (κ3) is 2.78. The van der Waals surface area contributed by atoms with Gasteiger partial charge in [-0.25, -0.2) is 4.98 Å². The van der Waals surface area contributed by atoms with Crippen LogP contribution < -0.4 is 10.2 Å². The van der Waals surface area contributed by atoms with Gasteiger partial charge in [0.2, 0.25) is 5.91 Å². The number of anilines is 2. The average Bonchev–Trinajstić information content (AvgIpc) is 3.03. The van der Waals surface area contributed by atoms with E-state index in [2.05, 4.69) is 20.7 Å². The van der Waals surface area contributed by atoms with Crippen LogP contribution in [0.2, 0.25) is 0 Å². The number of fused-ring (bicyclic) bond motifs is 1. The van der Waals surface area contributed by atoms with Gasteiger partial charge in [0, 0.05) is 17.8 Å². The number of nitrogens with one attached hydrogen (secondary N) is 1. The minimum atomic E-state index is -0.263. The fourth-order valence-corrected chi connectivity index (χ4v) is 4.15. The van der Waals surface area contributed by atoms with Crippen LogP contribution in [0.15, 0.2) is 34.1 Å². The standard InChI is InChI=1S/C18H18N4O2S/c23-16(21-17-19-13(10-25-17)11-7-8-11)14-5-3-9-22(14)18-20-12-4-1-2-6-15(12)24-18/h1-2,4,6,10-11,14H,3,5,7-9H2,(H,19,21,23)/t14-/m1/s1. The number of thiazole rings is 1. The number of benzene rings is 1. The molecule has 128 valence electrons. The number of carbonyl (C=O) groups is 1. The molecule has 1 saturated heterocycles. The van der Waals surface area contributed by atoms with Crippen molar-refractivity contribution in [1.29, 1.82) is 0 Å². The van der Waals surface area contributed by atoms with Gasteiger partial charge in [-0.1, -0.05) is 12.1 Å². The maximum Gasteiger partial charge on any atom is 0.299 e. The van der Waals surface area contributed by atoms with Crippen molar-refractivity contribution in [2.45, 2.75) is 37.6 Å². The molecule has 0 unspecified atom stereocenters. The number of carbonyl (C=O) groups excluding carboxylic acids is 1. The average molecular weight is 354 g/mol. The lowest BCUT2D eigenvalue weighted by atomic mass is 10.2. The van der Waals surface area contributed by atoms with Crippen LogP contribution in [-0.4, -0.2) is 28.5 Å². The number of rotatable bonds is 4. The van der Waals surface area contributed by atoms with E-state index in [0.29, 0.717) is 17.1 Å². The molecule has 1 N–H and O–H groups in total. The summed E-state index contributed by atoms with van der Waals surface area (Å²) in [4.78, 5) is 23.8. The van der Waals surface area contributed by atoms with E-state index < -0.39 is 0 Å². The van der Waals surface area contributed by atoms with E-state index in [1.165, 1.54) is 24.2 Å². The zero-order valence-corrected chi connectivity index (χ0v) is 14.5. The molecule has 7 heteroatoms. The summed E-state index contributed by atoms with van der Waals surface area (Å²) in [5.74, 6) is 0.570. The fraction of sp³-hybridized carbons (Fsp3) is 0.389. The van der Waals surface area contributed by atoms with Gasteiger partial charge in [-0.3, -0.25) is 4.79 Å². The summed E-state index contributed by atoms with van der Waals surface area (Å²) in [6.45, 7) is 0.774. The van der Waals surface area contributed by atoms with E-state index >= 15 is 0 Å². The summed E-state index contributed by atoms with van der Waals surface area (Å²) in [5.41, 5.74) is 2.68. The first-order chi connectivity index (χ1) is 12.3. The molecule has 1 aliphatic heterocycles. The molecule has 3 heterocycles. The first-order valence-electron chi connectivity index (χ1n) is 8.66. The van der Waals surface area contributed by atoms with Gasteiger partial charge in [-0.2, -0.15) is 4.98 Å². The molecule has 1 saturated carbocycles. The first kappa shape index (κ1) is 14.9. The summed E-state index contributed by atoms with van der Waals surface area (Å²) in [6, 6.07) is 7.93. The molecule has 0 spiro atoms. The number of para-hydroxylation sites is 2. The molecule has 0 bridgehead atoms. The fourth-order valence-electron chi connectivity index (χ4n) is 3.35. The molecule has 3 aromatic rings. The summed E-state index contributed by atoms with van der Waals surface area (Å²) in [6.07, 6.45) is 4.17. The van der Waals surface area contributed by atoms with Crippen molar-refractivity contribution in [3.63, 3.8) is 0 Å². The van der Waals surface area contributed by atoms with Gasteiger partial charge in [0.1, 0.15) is 11.6 Å². The Hall–Kier alpha value is -2.41. The van der Waals surface area contributed by atoms with Crippen molar-refractivity contribution in [3.05, 3.63) is 35.3 Å². The Morgan fingerprint density at radius 2 is 2.12 bits per heavy atom. The number of hydrogen-bond donors (Lipinski definition) is 1. The Morgan fingerprint density at radius 3 is 2.96 bits per heavy atom. The maximum atomic E-state index is 12.8. The van der Waals surface area contributed by atoms with E-state index in [1.54, 1.807) is 0 Å². The van der Waals surface area contributed by atoms with Crippen LogP contribution in [-0.2, 0) is 4.79 Å². The molecule has 1 atom stereocenters. The van der Waals surface area contributed by atoms with Crippen LogP contribution in [0.4, 0.5) is 11.1 Å². The van der Waals surface area contributed by atoms with Crippen LogP contribution in [0.5, 0.6) is 0 Å². The van der Waals surface area contributed by atoms with Gasteiger partial charge in [-0.05, 0) is 37.8 Å². The molecule has 1 aliphatic carbocycles. The Kier molecular flexibility index (Phi) is 3.48.